The van der Waals surface area contributed by atoms with E-state index in [9.17, 15) is 14.9 Å². The van der Waals surface area contributed by atoms with Crippen LogP contribution in [0.3, 0.4) is 0 Å². The van der Waals surface area contributed by atoms with Crippen LogP contribution in [0.25, 0.3) is 0 Å². The van der Waals surface area contributed by atoms with Gasteiger partial charge in [0.1, 0.15) is 11.4 Å². The number of nitrogens with one attached hydrogen (secondary N) is 1. The minimum Gasteiger partial charge on any atom is -0.411 e. The summed E-state index contributed by atoms with van der Waals surface area (Å²) in [6, 6.07) is 5.90. The van der Waals surface area contributed by atoms with Crippen molar-refractivity contribution < 1.29 is 14.9 Å². The number of hydrogen-bond donors (Lipinski definition) is 2. The van der Waals surface area contributed by atoms with Crippen LogP contribution < -0.4 is 5.43 Å². The van der Waals surface area contributed by atoms with Crippen molar-refractivity contribution >= 4 is 28.7 Å². The maximum absolute atomic E-state index is 12.2. The molecule has 1 aromatic rings. The first-order chi connectivity index (χ1) is 10.3. The van der Waals surface area contributed by atoms with Crippen LogP contribution >= 0.6 is 0 Å². The number of benzene rings is 1. The van der Waals surface area contributed by atoms with Crippen molar-refractivity contribution in [1.82, 2.24) is 4.90 Å². The van der Waals surface area contributed by atoms with Gasteiger partial charge in [-0.3, -0.25) is 20.3 Å². The summed E-state index contributed by atoms with van der Waals surface area (Å²) < 4.78 is 0. The quantitative estimate of drug-likeness (QED) is 0.497. The first-order valence-electron chi connectivity index (χ1n) is 6.39. The van der Waals surface area contributed by atoms with Crippen molar-refractivity contribution in [3.8, 4) is 0 Å². The molecule has 0 saturated carbocycles. The van der Waals surface area contributed by atoms with E-state index in [0.717, 1.165) is 0 Å². The molecule has 1 fully saturated rings. The molecule has 0 bridgehead atoms. The number of hydrazone groups is 1. The Kier molecular flexibility index (Phi) is 3.81. The molecule has 0 aliphatic carbocycles. The van der Waals surface area contributed by atoms with Crippen LogP contribution in [0.4, 0.5) is 11.4 Å². The normalized spacial score (nSPS) is 20.7. The lowest BCUT2D eigenvalue weighted by atomic mass is 9.99. The summed E-state index contributed by atoms with van der Waals surface area (Å²) in [6.45, 7) is 3.40. The van der Waals surface area contributed by atoms with Gasteiger partial charge in [0.05, 0.1) is 10.5 Å². The van der Waals surface area contributed by atoms with Crippen LogP contribution in [-0.4, -0.2) is 44.9 Å². The Morgan fingerprint density at radius 2 is 2.00 bits per heavy atom. The largest absolute Gasteiger partial charge is 0.411 e. The topological polar surface area (TPSA) is 120 Å². The van der Waals surface area contributed by atoms with Gasteiger partial charge in [-0.1, -0.05) is 17.3 Å². The number of anilines is 1. The Morgan fingerprint density at radius 3 is 2.59 bits per heavy atom. The molecule has 1 saturated heterocycles. The van der Waals surface area contributed by atoms with Gasteiger partial charge in [0.25, 0.3) is 11.6 Å². The third kappa shape index (κ3) is 2.36. The zero-order valence-corrected chi connectivity index (χ0v) is 12.3. The van der Waals surface area contributed by atoms with E-state index in [0.29, 0.717) is 0 Å². The van der Waals surface area contributed by atoms with E-state index in [1.165, 1.54) is 23.1 Å². The zero-order chi connectivity index (χ0) is 16.5. The molecule has 0 spiro atoms. The summed E-state index contributed by atoms with van der Waals surface area (Å²) >= 11 is 0. The highest BCUT2D eigenvalue weighted by Crippen LogP contribution is 2.26. The molecule has 2 N–H and O–H groups in total. The molecule has 0 unspecified atom stereocenters. The summed E-state index contributed by atoms with van der Waals surface area (Å²) in [5, 5.41) is 27.1. The van der Waals surface area contributed by atoms with Crippen LogP contribution in [0.1, 0.15) is 13.8 Å². The van der Waals surface area contributed by atoms with E-state index < -0.39 is 16.4 Å². The van der Waals surface area contributed by atoms with Crippen LogP contribution in [0.2, 0.25) is 0 Å². The SMILES string of the molecule is CN1C(=O)C(=N\Nc2ccccc2[N+](=O)[O-])/C(=N/O)C1(C)C. The van der Waals surface area contributed by atoms with E-state index in [2.05, 4.69) is 15.7 Å². The molecule has 1 aliphatic heterocycles. The number of carbonyl (C=O) groups excluding carboxylic acids is 1. The number of oxime groups is 1. The number of rotatable bonds is 3. The van der Waals surface area contributed by atoms with Crippen molar-refractivity contribution in [1.29, 1.82) is 0 Å². The van der Waals surface area contributed by atoms with E-state index in [-0.39, 0.29) is 22.8 Å². The second kappa shape index (κ2) is 5.43. The summed E-state index contributed by atoms with van der Waals surface area (Å²) in [4.78, 5) is 23.9. The van der Waals surface area contributed by atoms with Crippen LogP contribution in [0.15, 0.2) is 34.5 Å². The van der Waals surface area contributed by atoms with Gasteiger partial charge in [-0.05, 0) is 19.9 Å². The first kappa shape index (κ1) is 15.4. The molecule has 1 aromatic carbocycles. The maximum Gasteiger partial charge on any atom is 0.294 e. The molecule has 116 valence electrons. The maximum atomic E-state index is 12.2. The molecule has 22 heavy (non-hydrogen) atoms. The van der Waals surface area contributed by atoms with E-state index in [1.807, 2.05) is 0 Å². The molecule has 1 aliphatic rings. The molecular formula is C13H15N5O4. The standard InChI is InChI=1S/C13H15N5O4/c1-13(2)11(16-20)10(12(19)17(13)3)15-14-8-6-4-5-7-9(8)18(21)22/h4-7,14,20H,1-3H3/b15-10-,16-11-. The average molecular weight is 305 g/mol. The fraction of sp³-hybridized carbons (Fsp3) is 0.308. The number of nitro benzene ring substituents is 1. The van der Waals surface area contributed by atoms with Crippen LogP contribution in [0, 0.1) is 10.1 Å². The molecule has 2 rings (SSSR count). The van der Waals surface area contributed by atoms with Gasteiger partial charge in [0.15, 0.2) is 5.71 Å². The Balaban J connectivity index is 2.39. The van der Waals surface area contributed by atoms with Gasteiger partial charge in [-0.2, -0.15) is 5.10 Å². The Bertz CT molecular complexity index is 695. The number of likely N-dealkylation sites (tertiary alicyclic amines) is 1. The predicted octanol–water partition coefficient (Wildman–Crippen LogP) is 1.44. The van der Waals surface area contributed by atoms with Gasteiger partial charge in [-0.15, -0.1) is 0 Å². The lowest BCUT2D eigenvalue weighted by Crippen LogP contribution is -2.41. The van der Waals surface area contributed by atoms with E-state index in [4.69, 9.17) is 5.21 Å². The number of para-hydroxylation sites is 2. The fourth-order valence-electron chi connectivity index (χ4n) is 2.08. The third-order valence-electron chi connectivity index (χ3n) is 3.64. The smallest absolute Gasteiger partial charge is 0.294 e. The highest BCUT2D eigenvalue weighted by molar-refractivity contribution is 6.71. The predicted molar refractivity (Wildman–Crippen MR) is 80.2 cm³/mol. The Hall–Kier alpha value is -2.97. The lowest BCUT2D eigenvalue weighted by Gasteiger charge is -2.25. The monoisotopic (exact) mass is 305 g/mol. The molecule has 0 radical (unpaired) electrons. The summed E-state index contributed by atoms with van der Waals surface area (Å²) in [5.41, 5.74) is 1.63. The summed E-state index contributed by atoms with van der Waals surface area (Å²) in [7, 11) is 1.56. The zero-order valence-electron chi connectivity index (χ0n) is 12.3. The highest BCUT2D eigenvalue weighted by Gasteiger charge is 2.47. The van der Waals surface area contributed by atoms with E-state index >= 15 is 0 Å². The van der Waals surface area contributed by atoms with Crippen LogP contribution in [0.5, 0.6) is 0 Å². The summed E-state index contributed by atoms with van der Waals surface area (Å²) in [6.07, 6.45) is 0. The third-order valence-corrected chi connectivity index (χ3v) is 3.64. The minimum absolute atomic E-state index is 0.0890. The molecule has 0 aromatic heterocycles. The molecule has 0 atom stereocenters. The molecule has 1 amide bonds. The number of carbonyl (C=O) groups is 1. The lowest BCUT2D eigenvalue weighted by molar-refractivity contribution is -0.384. The number of nitro groups is 1. The van der Waals surface area contributed by atoms with Crippen molar-refractivity contribution in [3.05, 3.63) is 34.4 Å². The van der Waals surface area contributed by atoms with Crippen molar-refractivity contribution in [2.45, 2.75) is 19.4 Å². The molecule has 1 heterocycles. The average Bonchev–Trinajstić information content (AvgIpc) is 2.65. The summed E-state index contributed by atoms with van der Waals surface area (Å²) in [5.74, 6) is -0.441. The van der Waals surface area contributed by atoms with Crippen LogP contribution in [-0.2, 0) is 4.79 Å². The van der Waals surface area contributed by atoms with Crippen molar-refractivity contribution in [2.24, 2.45) is 10.3 Å². The van der Waals surface area contributed by atoms with Gasteiger partial charge in [0.2, 0.25) is 0 Å². The van der Waals surface area contributed by atoms with Crippen molar-refractivity contribution in [2.75, 3.05) is 12.5 Å². The van der Waals surface area contributed by atoms with Gasteiger partial charge in [-0.25, -0.2) is 0 Å². The van der Waals surface area contributed by atoms with Gasteiger partial charge < -0.3 is 10.1 Å². The second-order valence-electron chi connectivity index (χ2n) is 5.22. The van der Waals surface area contributed by atoms with Gasteiger partial charge in [0, 0.05) is 13.1 Å². The molecular weight excluding hydrogens is 290 g/mol. The Labute approximate surface area is 126 Å². The first-order valence-corrected chi connectivity index (χ1v) is 6.39. The van der Waals surface area contributed by atoms with E-state index in [1.54, 1.807) is 27.0 Å². The van der Waals surface area contributed by atoms with Crippen molar-refractivity contribution in [3.63, 3.8) is 0 Å². The number of amides is 1. The Morgan fingerprint density at radius 1 is 1.36 bits per heavy atom. The molecule has 9 heteroatoms. The minimum atomic E-state index is -0.824. The molecule has 9 nitrogen and oxygen atoms in total. The number of nitrogens with zero attached hydrogens (tertiary/aromatic N) is 4. The van der Waals surface area contributed by atoms with Gasteiger partial charge >= 0.3 is 0 Å². The highest BCUT2D eigenvalue weighted by atomic mass is 16.6. The fourth-order valence-corrected chi connectivity index (χ4v) is 2.08. The second-order valence-corrected chi connectivity index (χ2v) is 5.22. The number of hydrogen-bond acceptors (Lipinski definition) is 7.